The van der Waals surface area contributed by atoms with Crippen LogP contribution in [0.25, 0.3) is 10.9 Å². The number of aryl methyl sites for hydroxylation is 1. The molecule has 1 fully saturated rings. The Balaban J connectivity index is 1.89. The zero-order valence-electron chi connectivity index (χ0n) is 12.1. The number of H-pyrrole nitrogens is 1. The summed E-state index contributed by atoms with van der Waals surface area (Å²) in [6, 6.07) is 5.39. The summed E-state index contributed by atoms with van der Waals surface area (Å²) >= 11 is 0. The minimum Gasteiger partial charge on any atom is -0.359 e. The maximum absolute atomic E-state index is 12.4. The summed E-state index contributed by atoms with van der Waals surface area (Å²) < 4.78 is 0. The van der Waals surface area contributed by atoms with Gasteiger partial charge in [-0.25, -0.2) is 4.79 Å². The van der Waals surface area contributed by atoms with E-state index in [0.29, 0.717) is 11.1 Å². The van der Waals surface area contributed by atoms with Crippen molar-refractivity contribution in [2.24, 2.45) is 0 Å². The van der Waals surface area contributed by atoms with E-state index in [2.05, 4.69) is 10.3 Å². The second kappa shape index (κ2) is 5.60. The first-order valence-electron chi connectivity index (χ1n) is 7.34. The number of hydrogen-bond acceptors (Lipinski definition) is 2. The van der Waals surface area contributed by atoms with Crippen molar-refractivity contribution in [1.29, 1.82) is 0 Å². The third-order valence-corrected chi connectivity index (χ3v) is 4.01. The van der Waals surface area contributed by atoms with Crippen molar-refractivity contribution in [2.45, 2.75) is 26.2 Å². The van der Waals surface area contributed by atoms with Crippen LogP contribution < -0.4 is 10.7 Å². The molecule has 110 valence electrons. The van der Waals surface area contributed by atoms with Gasteiger partial charge < -0.3 is 15.2 Å². The number of likely N-dealkylation sites (tertiary alicyclic amines) is 1. The Hall–Kier alpha value is -2.30. The number of aromatic amines is 1. The van der Waals surface area contributed by atoms with Gasteiger partial charge in [0.25, 0.3) is 0 Å². The van der Waals surface area contributed by atoms with Crippen LogP contribution in [0.3, 0.4) is 0 Å². The molecule has 0 bridgehead atoms. The Morgan fingerprint density at radius 2 is 2.00 bits per heavy atom. The number of carbonyl (C=O) groups is 1. The molecule has 1 saturated heterocycles. The number of rotatable bonds is 1. The minimum absolute atomic E-state index is 0.141. The summed E-state index contributed by atoms with van der Waals surface area (Å²) in [4.78, 5) is 29.5. The van der Waals surface area contributed by atoms with Gasteiger partial charge in [0.05, 0.1) is 5.52 Å². The molecular formula is C16H19N3O2. The SMILES string of the molecule is Cc1cccc2c(=O)c(NC(=O)N3CCCCC3)c[nH]c12. The van der Waals surface area contributed by atoms with E-state index in [-0.39, 0.29) is 11.5 Å². The number of para-hydroxylation sites is 1. The largest absolute Gasteiger partial charge is 0.359 e. The first kappa shape index (κ1) is 13.7. The van der Waals surface area contributed by atoms with Gasteiger partial charge >= 0.3 is 6.03 Å². The smallest absolute Gasteiger partial charge is 0.321 e. The number of benzene rings is 1. The molecule has 0 saturated carbocycles. The highest BCUT2D eigenvalue weighted by Crippen LogP contribution is 2.15. The molecule has 2 aromatic rings. The summed E-state index contributed by atoms with van der Waals surface area (Å²) in [5, 5.41) is 3.34. The quantitative estimate of drug-likeness (QED) is 0.846. The topological polar surface area (TPSA) is 65.2 Å². The molecule has 3 rings (SSSR count). The fourth-order valence-electron chi connectivity index (χ4n) is 2.79. The van der Waals surface area contributed by atoms with Gasteiger partial charge in [-0.1, -0.05) is 12.1 Å². The van der Waals surface area contributed by atoms with E-state index in [1.807, 2.05) is 19.1 Å². The molecule has 21 heavy (non-hydrogen) atoms. The van der Waals surface area contributed by atoms with Crippen molar-refractivity contribution in [3.05, 3.63) is 40.2 Å². The van der Waals surface area contributed by atoms with E-state index in [1.165, 1.54) is 6.42 Å². The van der Waals surface area contributed by atoms with E-state index in [0.717, 1.165) is 37.0 Å². The first-order valence-corrected chi connectivity index (χ1v) is 7.34. The van der Waals surface area contributed by atoms with Gasteiger partial charge in [-0.2, -0.15) is 0 Å². The molecule has 2 amide bonds. The molecule has 5 heteroatoms. The highest BCUT2D eigenvalue weighted by Gasteiger charge is 2.17. The number of anilines is 1. The fourth-order valence-corrected chi connectivity index (χ4v) is 2.79. The second-order valence-electron chi connectivity index (χ2n) is 5.51. The lowest BCUT2D eigenvalue weighted by atomic mass is 10.1. The maximum atomic E-state index is 12.4. The Labute approximate surface area is 123 Å². The second-order valence-corrected chi connectivity index (χ2v) is 5.51. The number of urea groups is 1. The van der Waals surface area contributed by atoms with Crippen molar-refractivity contribution < 1.29 is 4.79 Å². The molecule has 0 spiro atoms. The molecule has 1 aliphatic rings. The van der Waals surface area contributed by atoms with Crippen molar-refractivity contribution in [1.82, 2.24) is 9.88 Å². The van der Waals surface area contributed by atoms with E-state index < -0.39 is 0 Å². The third kappa shape index (κ3) is 2.63. The number of nitrogens with one attached hydrogen (secondary N) is 2. The monoisotopic (exact) mass is 285 g/mol. The molecule has 2 N–H and O–H groups in total. The van der Waals surface area contributed by atoms with Crippen LogP contribution in [-0.4, -0.2) is 29.0 Å². The van der Waals surface area contributed by atoms with E-state index in [1.54, 1.807) is 17.2 Å². The molecule has 0 radical (unpaired) electrons. The van der Waals surface area contributed by atoms with E-state index in [4.69, 9.17) is 0 Å². The molecule has 2 heterocycles. The molecule has 5 nitrogen and oxygen atoms in total. The van der Waals surface area contributed by atoms with Crippen LogP contribution in [0.15, 0.2) is 29.2 Å². The molecule has 0 aliphatic carbocycles. The maximum Gasteiger partial charge on any atom is 0.321 e. The van der Waals surface area contributed by atoms with Crippen molar-refractivity contribution in [3.63, 3.8) is 0 Å². The number of hydrogen-bond donors (Lipinski definition) is 2. The molecule has 0 unspecified atom stereocenters. The normalized spacial score (nSPS) is 15.2. The Kier molecular flexibility index (Phi) is 3.64. The fraction of sp³-hybridized carbons (Fsp3) is 0.375. The average Bonchev–Trinajstić information content (AvgIpc) is 2.51. The number of fused-ring (bicyclic) bond motifs is 1. The first-order chi connectivity index (χ1) is 10.2. The zero-order chi connectivity index (χ0) is 14.8. The van der Waals surface area contributed by atoms with Gasteiger partial charge in [0.2, 0.25) is 5.43 Å². The summed E-state index contributed by atoms with van der Waals surface area (Å²) in [6.45, 7) is 3.47. The average molecular weight is 285 g/mol. The van der Waals surface area contributed by atoms with Crippen LogP contribution >= 0.6 is 0 Å². The van der Waals surface area contributed by atoms with E-state index >= 15 is 0 Å². The van der Waals surface area contributed by atoms with Gasteiger partial charge in [-0.05, 0) is 37.8 Å². The number of nitrogens with zero attached hydrogens (tertiary/aromatic N) is 1. The standard InChI is InChI=1S/C16H19N3O2/c1-11-6-5-7-12-14(11)17-10-13(15(12)20)18-16(21)19-8-3-2-4-9-19/h5-7,10H,2-4,8-9H2,1H3,(H,17,20)(H,18,21). The van der Waals surface area contributed by atoms with Crippen LogP contribution in [0.2, 0.25) is 0 Å². The lowest BCUT2D eigenvalue weighted by molar-refractivity contribution is 0.200. The van der Waals surface area contributed by atoms with Crippen LogP contribution in [-0.2, 0) is 0 Å². The van der Waals surface area contributed by atoms with E-state index in [9.17, 15) is 9.59 Å². The number of amides is 2. The lowest BCUT2D eigenvalue weighted by Gasteiger charge is -2.26. The Morgan fingerprint density at radius 1 is 1.24 bits per heavy atom. The highest BCUT2D eigenvalue weighted by atomic mass is 16.2. The molecule has 1 aromatic carbocycles. The molecule has 1 aliphatic heterocycles. The predicted octanol–water partition coefficient (Wildman–Crippen LogP) is 2.85. The lowest BCUT2D eigenvalue weighted by Crippen LogP contribution is -2.39. The minimum atomic E-state index is -0.188. The van der Waals surface area contributed by atoms with Crippen LogP contribution in [0.1, 0.15) is 24.8 Å². The van der Waals surface area contributed by atoms with Gasteiger partial charge in [0, 0.05) is 24.7 Å². The number of carbonyl (C=O) groups excluding carboxylic acids is 1. The molecular weight excluding hydrogens is 266 g/mol. The van der Waals surface area contributed by atoms with Crippen LogP contribution in [0, 0.1) is 6.92 Å². The van der Waals surface area contributed by atoms with Gasteiger partial charge in [0.1, 0.15) is 5.69 Å². The van der Waals surface area contributed by atoms with Crippen molar-refractivity contribution in [3.8, 4) is 0 Å². The van der Waals surface area contributed by atoms with Crippen LogP contribution in [0.5, 0.6) is 0 Å². The van der Waals surface area contributed by atoms with Crippen molar-refractivity contribution >= 4 is 22.6 Å². The number of aromatic nitrogens is 1. The summed E-state index contributed by atoms with van der Waals surface area (Å²) in [6.07, 6.45) is 4.81. The summed E-state index contributed by atoms with van der Waals surface area (Å²) in [7, 11) is 0. The Bertz CT molecular complexity index is 730. The summed E-state index contributed by atoms with van der Waals surface area (Å²) in [5.74, 6) is 0. The zero-order valence-corrected chi connectivity index (χ0v) is 12.1. The molecule has 0 atom stereocenters. The summed E-state index contributed by atoms with van der Waals surface area (Å²) in [5.41, 5.74) is 2.00. The number of piperidine rings is 1. The van der Waals surface area contributed by atoms with Crippen LogP contribution in [0.4, 0.5) is 10.5 Å². The number of pyridine rings is 1. The Morgan fingerprint density at radius 3 is 2.76 bits per heavy atom. The third-order valence-electron chi connectivity index (χ3n) is 4.01. The molecule has 1 aromatic heterocycles. The predicted molar refractivity (Wildman–Crippen MR) is 83.7 cm³/mol. The van der Waals surface area contributed by atoms with Gasteiger partial charge in [0.15, 0.2) is 0 Å². The van der Waals surface area contributed by atoms with Gasteiger partial charge in [-0.3, -0.25) is 4.79 Å². The van der Waals surface area contributed by atoms with Gasteiger partial charge in [-0.15, -0.1) is 0 Å². The van der Waals surface area contributed by atoms with Crippen molar-refractivity contribution in [2.75, 3.05) is 18.4 Å². The highest BCUT2D eigenvalue weighted by molar-refractivity contribution is 5.92.